The number of hydrogen-bond donors (Lipinski definition) is 2. The molecule has 10 aromatic carbocycles. The SMILES string of the molecule is C=C(C)C(=O)O.C=C(C)C(=O)O.c1ccc2c(c1)ccc1c2ccc2c3ccccc3ccc21.c1ccc2c(c1)ccc1c2ccc2c3ccccc3ccc21. The van der Waals surface area contributed by atoms with Crippen molar-refractivity contribution in [2.45, 2.75) is 13.8 Å². The Morgan fingerprint density at radius 3 is 0.661 bits per heavy atom. The maximum absolute atomic E-state index is 9.60. The monoisotopic (exact) mass is 728 g/mol. The van der Waals surface area contributed by atoms with E-state index in [1.165, 1.54) is 100 Å². The second-order valence-corrected chi connectivity index (χ2v) is 13.8. The molecule has 0 saturated heterocycles. The summed E-state index contributed by atoms with van der Waals surface area (Å²) in [5, 5.41) is 37.0. The van der Waals surface area contributed by atoms with Crippen molar-refractivity contribution < 1.29 is 19.8 Å². The lowest BCUT2D eigenvalue weighted by molar-refractivity contribution is -0.133. The molecule has 0 heterocycles. The summed E-state index contributed by atoms with van der Waals surface area (Å²) < 4.78 is 0. The second-order valence-electron chi connectivity index (χ2n) is 13.8. The van der Waals surface area contributed by atoms with E-state index in [9.17, 15) is 9.59 Å². The summed E-state index contributed by atoms with van der Waals surface area (Å²) in [6, 6.07) is 61.5. The average Bonchev–Trinajstić information content (AvgIpc) is 3.23. The number of aliphatic carboxylic acids is 2. The fourth-order valence-electron chi connectivity index (χ4n) is 7.17. The summed E-state index contributed by atoms with van der Waals surface area (Å²) in [4.78, 5) is 19.2. The largest absolute Gasteiger partial charge is 0.478 e. The summed E-state index contributed by atoms with van der Waals surface area (Å²) >= 11 is 0. The third kappa shape index (κ3) is 7.41. The normalized spacial score (nSPS) is 10.8. The molecular weight excluding hydrogens is 689 g/mol. The minimum atomic E-state index is -0.935. The molecule has 4 nitrogen and oxygen atoms in total. The first-order chi connectivity index (χ1) is 27.1. The van der Waals surface area contributed by atoms with Gasteiger partial charge in [0.2, 0.25) is 0 Å². The molecule has 10 aromatic rings. The topological polar surface area (TPSA) is 74.6 Å². The van der Waals surface area contributed by atoms with E-state index in [0.717, 1.165) is 0 Å². The molecule has 0 bridgehead atoms. The van der Waals surface area contributed by atoms with Crippen LogP contribution in [-0.4, -0.2) is 22.2 Å². The van der Waals surface area contributed by atoms with E-state index < -0.39 is 11.9 Å². The van der Waals surface area contributed by atoms with Crippen molar-refractivity contribution in [3.63, 3.8) is 0 Å². The van der Waals surface area contributed by atoms with E-state index in [0.29, 0.717) is 0 Å². The Bertz CT molecular complexity index is 2730. The van der Waals surface area contributed by atoms with E-state index in [4.69, 9.17) is 10.2 Å². The number of carbonyl (C=O) groups is 2. The molecule has 2 N–H and O–H groups in total. The van der Waals surface area contributed by atoms with E-state index in [-0.39, 0.29) is 11.1 Å². The van der Waals surface area contributed by atoms with Gasteiger partial charge in [0.25, 0.3) is 0 Å². The molecule has 56 heavy (non-hydrogen) atoms. The lowest BCUT2D eigenvalue weighted by Gasteiger charge is -2.09. The van der Waals surface area contributed by atoms with Crippen LogP contribution in [0, 0.1) is 0 Å². The van der Waals surface area contributed by atoms with E-state index in [2.05, 4.69) is 183 Å². The molecule has 0 aliphatic heterocycles. The van der Waals surface area contributed by atoms with Gasteiger partial charge in [0.15, 0.2) is 0 Å². The Morgan fingerprint density at radius 2 is 0.464 bits per heavy atom. The van der Waals surface area contributed by atoms with Crippen molar-refractivity contribution in [2.24, 2.45) is 0 Å². The Morgan fingerprint density at radius 1 is 0.304 bits per heavy atom. The Hall–Kier alpha value is -7.30. The first-order valence-corrected chi connectivity index (χ1v) is 18.3. The van der Waals surface area contributed by atoms with Crippen LogP contribution in [0.1, 0.15) is 13.8 Å². The lowest BCUT2D eigenvalue weighted by atomic mass is 9.94. The summed E-state index contributed by atoms with van der Waals surface area (Å²) in [7, 11) is 0. The van der Waals surface area contributed by atoms with Crippen LogP contribution in [0.4, 0.5) is 0 Å². The van der Waals surface area contributed by atoms with E-state index >= 15 is 0 Å². The standard InChI is InChI=1S/2C22H14.2C4H6O2/c2*1-3-7-17-15(5-1)9-11-21-19(17)13-14-20-18-8-4-2-6-16(18)10-12-22(20)21;2*1-3(2)4(5)6/h2*1-14H;2*1H2,2H3,(H,5,6). The van der Waals surface area contributed by atoms with Crippen LogP contribution in [-0.2, 0) is 9.59 Å². The fourth-order valence-corrected chi connectivity index (χ4v) is 7.17. The molecule has 0 aromatic heterocycles. The van der Waals surface area contributed by atoms with E-state index in [1.54, 1.807) is 0 Å². The van der Waals surface area contributed by atoms with Crippen LogP contribution in [0.3, 0.4) is 0 Å². The molecule has 0 spiro atoms. The molecule has 272 valence electrons. The van der Waals surface area contributed by atoms with Gasteiger partial charge in [0.1, 0.15) is 0 Å². The molecule has 0 unspecified atom stereocenters. The van der Waals surface area contributed by atoms with Crippen molar-refractivity contribution in [1.29, 1.82) is 0 Å². The van der Waals surface area contributed by atoms with Gasteiger partial charge < -0.3 is 10.2 Å². The molecule has 0 aliphatic carbocycles. The van der Waals surface area contributed by atoms with Crippen molar-refractivity contribution in [3.05, 3.63) is 194 Å². The third-order valence-corrected chi connectivity index (χ3v) is 10.0. The van der Waals surface area contributed by atoms with Crippen molar-refractivity contribution in [3.8, 4) is 0 Å². The molecule has 4 heteroatoms. The summed E-state index contributed by atoms with van der Waals surface area (Å²) in [6.45, 7) is 9.20. The number of fused-ring (bicyclic) bond motifs is 14. The molecule has 0 saturated carbocycles. The minimum absolute atomic E-state index is 0.176. The van der Waals surface area contributed by atoms with Gasteiger partial charge in [-0.05, 0) is 100 Å². The molecule has 0 aliphatic rings. The van der Waals surface area contributed by atoms with Crippen LogP contribution < -0.4 is 0 Å². The molecule has 0 amide bonds. The predicted octanol–water partition coefficient (Wildman–Crippen LogP) is 13.9. The van der Waals surface area contributed by atoms with Crippen molar-refractivity contribution >= 4 is 98.1 Å². The van der Waals surface area contributed by atoms with Gasteiger partial charge in [-0.2, -0.15) is 0 Å². The Labute approximate surface area is 324 Å². The number of carboxylic acids is 2. The smallest absolute Gasteiger partial charge is 0.330 e. The number of rotatable bonds is 2. The zero-order valence-electron chi connectivity index (χ0n) is 31.3. The highest BCUT2D eigenvalue weighted by Crippen LogP contribution is 2.36. The van der Waals surface area contributed by atoms with Gasteiger partial charge in [-0.15, -0.1) is 0 Å². The first kappa shape index (κ1) is 37.0. The highest BCUT2D eigenvalue weighted by Gasteiger charge is 2.08. The van der Waals surface area contributed by atoms with Gasteiger partial charge in [-0.1, -0.05) is 183 Å². The van der Waals surface area contributed by atoms with Gasteiger partial charge in [-0.25, -0.2) is 9.59 Å². The number of benzene rings is 10. The van der Waals surface area contributed by atoms with Gasteiger partial charge >= 0.3 is 11.9 Å². The van der Waals surface area contributed by atoms with Crippen LogP contribution in [0.15, 0.2) is 194 Å². The maximum Gasteiger partial charge on any atom is 0.330 e. The number of carboxylic acid groups (broad SMARTS) is 2. The zero-order chi connectivity index (χ0) is 39.3. The average molecular weight is 729 g/mol. The molecular formula is C52H40O4. The Kier molecular flexibility index (Phi) is 10.6. The molecule has 10 rings (SSSR count). The minimum Gasteiger partial charge on any atom is -0.478 e. The predicted molar refractivity (Wildman–Crippen MR) is 238 cm³/mol. The van der Waals surface area contributed by atoms with Crippen molar-refractivity contribution in [1.82, 2.24) is 0 Å². The highest BCUT2D eigenvalue weighted by atomic mass is 16.4. The van der Waals surface area contributed by atoms with Crippen LogP contribution in [0.2, 0.25) is 0 Å². The zero-order valence-corrected chi connectivity index (χ0v) is 31.3. The van der Waals surface area contributed by atoms with Gasteiger partial charge in [0.05, 0.1) is 0 Å². The highest BCUT2D eigenvalue weighted by molar-refractivity contribution is 6.23. The number of hydrogen-bond acceptors (Lipinski definition) is 2. The van der Waals surface area contributed by atoms with Crippen LogP contribution in [0.25, 0.3) is 86.2 Å². The Balaban J connectivity index is 0.000000134. The van der Waals surface area contributed by atoms with Crippen molar-refractivity contribution in [2.75, 3.05) is 0 Å². The van der Waals surface area contributed by atoms with E-state index in [1.807, 2.05) is 0 Å². The summed E-state index contributed by atoms with van der Waals surface area (Å²) in [5.41, 5.74) is 0.352. The maximum atomic E-state index is 9.60. The van der Waals surface area contributed by atoms with Crippen LogP contribution in [0.5, 0.6) is 0 Å². The van der Waals surface area contributed by atoms with Gasteiger partial charge in [-0.3, -0.25) is 0 Å². The second kappa shape index (κ2) is 16.0. The van der Waals surface area contributed by atoms with Gasteiger partial charge in [0, 0.05) is 11.1 Å². The fraction of sp³-hybridized carbons (Fsp3) is 0.0385. The van der Waals surface area contributed by atoms with Crippen LogP contribution >= 0.6 is 0 Å². The summed E-state index contributed by atoms with van der Waals surface area (Å²) in [5.74, 6) is -1.87. The first-order valence-electron chi connectivity index (χ1n) is 18.3. The molecule has 0 atom stereocenters. The lowest BCUT2D eigenvalue weighted by Crippen LogP contribution is -1.92. The quantitative estimate of drug-likeness (QED) is 0.137. The molecule has 0 fully saturated rings. The summed E-state index contributed by atoms with van der Waals surface area (Å²) in [6.07, 6.45) is 0. The molecule has 0 radical (unpaired) electrons. The third-order valence-electron chi connectivity index (χ3n) is 10.0.